The van der Waals surface area contributed by atoms with Crippen LogP contribution in [0, 0.1) is 0 Å². The van der Waals surface area contributed by atoms with Crippen molar-refractivity contribution in [2.75, 3.05) is 7.11 Å². The van der Waals surface area contributed by atoms with E-state index in [-0.39, 0.29) is 12.8 Å². The van der Waals surface area contributed by atoms with E-state index in [0.29, 0.717) is 0 Å². The Morgan fingerprint density at radius 1 is 0.955 bits per heavy atom. The number of hydrogen-bond donors (Lipinski definition) is 1. The first kappa shape index (κ1) is 20.2. The Bertz CT molecular complexity index is 405. The largest absolute Gasteiger partial charge is 0.469 e. The van der Waals surface area contributed by atoms with Gasteiger partial charge in [0.05, 0.1) is 7.11 Å². The van der Waals surface area contributed by atoms with E-state index in [1.807, 2.05) is 0 Å². The Balaban J connectivity index is 4.81. The lowest BCUT2D eigenvalue weighted by Gasteiger charge is -2.26. The molecule has 0 aromatic heterocycles. The van der Waals surface area contributed by atoms with Gasteiger partial charge in [-0.25, -0.2) is 9.59 Å². The zero-order valence-electron chi connectivity index (χ0n) is 14.4. The monoisotopic (exact) mass is 317 g/mol. The highest BCUT2D eigenvalue weighted by atomic mass is 16.6. The molecule has 1 atom stereocenters. The highest BCUT2D eigenvalue weighted by molar-refractivity contribution is 5.82. The van der Waals surface area contributed by atoms with Gasteiger partial charge < -0.3 is 19.5 Å². The molecule has 128 valence electrons. The van der Waals surface area contributed by atoms with Crippen LogP contribution in [0.1, 0.15) is 54.4 Å². The molecular weight excluding hydrogens is 290 g/mol. The number of amides is 1. The van der Waals surface area contributed by atoms with E-state index in [1.54, 1.807) is 41.5 Å². The van der Waals surface area contributed by atoms with E-state index in [0.717, 1.165) is 0 Å². The minimum absolute atomic E-state index is 0.0177. The van der Waals surface area contributed by atoms with Gasteiger partial charge in [-0.05, 0) is 48.0 Å². The van der Waals surface area contributed by atoms with Gasteiger partial charge in [0.1, 0.15) is 17.2 Å². The molecule has 0 saturated carbocycles. The lowest BCUT2D eigenvalue weighted by Crippen LogP contribution is -2.46. The zero-order chi connectivity index (χ0) is 17.6. The molecule has 0 radical (unpaired) electrons. The lowest BCUT2D eigenvalue weighted by molar-refractivity contribution is -0.157. The molecule has 0 aliphatic carbocycles. The molecule has 7 heteroatoms. The summed E-state index contributed by atoms with van der Waals surface area (Å²) < 4.78 is 14.9. The Morgan fingerprint density at radius 2 is 1.45 bits per heavy atom. The van der Waals surface area contributed by atoms with Crippen molar-refractivity contribution >= 4 is 18.0 Å². The summed E-state index contributed by atoms with van der Waals surface area (Å²) in [5.41, 5.74) is -1.39. The average molecular weight is 317 g/mol. The molecule has 0 unspecified atom stereocenters. The highest BCUT2D eigenvalue weighted by Crippen LogP contribution is 2.12. The van der Waals surface area contributed by atoms with Gasteiger partial charge >= 0.3 is 18.0 Å². The van der Waals surface area contributed by atoms with Crippen LogP contribution in [0.3, 0.4) is 0 Å². The van der Waals surface area contributed by atoms with Crippen LogP contribution in [0.4, 0.5) is 4.79 Å². The maximum Gasteiger partial charge on any atom is 0.408 e. The molecule has 0 saturated heterocycles. The van der Waals surface area contributed by atoms with Gasteiger partial charge in [0.15, 0.2) is 0 Å². The fraction of sp³-hybridized carbons (Fsp3) is 0.800. The number of carbonyl (C=O) groups excluding carboxylic acids is 3. The number of alkyl carbamates (subject to hydrolysis) is 1. The molecular formula is C15H27NO6. The summed E-state index contributed by atoms with van der Waals surface area (Å²) in [6, 6.07) is -0.979. The van der Waals surface area contributed by atoms with E-state index in [2.05, 4.69) is 10.1 Å². The van der Waals surface area contributed by atoms with E-state index >= 15 is 0 Å². The molecule has 0 rings (SSSR count). The smallest absolute Gasteiger partial charge is 0.408 e. The number of rotatable bonds is 5. The molecule has 0 aromatic carbocycles. The van der Waals surface area contributed by atoms with Gasteiger partial charge in [0.2, 0.25) is 0 Å². The van der Waals surface area contributed by atoms with Crippen LogP contribution in [-0.2, 0) is 23.8 Å². The third-order valence-electron chi connectivity index (χ3n) is 2.25. The number of nitrogens with one attached hydrogen (secondary N) is 1. The lowest BCUT2D eigenvalue weighted by atomic mass is 10.1. The minimum atomic E-state index is -0.979. The maximum atomic E-state index is 12.1. The zero-order valence-corrected chi connectivity index (χ0v) is 14.4. The van der Waals surface area contributed by atoms with E-state index in [4.69, 9.17) is 9.47 Å². The SMILES string of the molecule is COC(=O)CC[C@@H](NC(=O)OC(C)(C)C)C(=O)OC(C)(C)C. The van der Waals surface area contributed by atoms with Crippen molar-refractivity contribution in [2.24, 2.45) is 0 Å². The van der Waals surface area contributed by atoms with Crippen LogP contribution in [0.25, 0.3) is 0 Å². The summed E-state index contributed by atoms with van der Waals surface area (Å²) in [6.07, 6.45) is -0.690. The average Bonchev–Trinajstić information content (AvgIpc) is 2.29. The number of ether oxygens (including phenoxy) is 3. The first-order chi connectivity index (χ1) is 9.84. The van der Waals surface area contributed by atoms with Crippen LogP contribution >= 0.6 is 0 Å². The molecule has 0 spiro atoms. The van der Waals surface area contributed by atoms with Crippen LogP contribution in [0.5, 0.6) is 0 Å². The molecule has 0 bridgehead atoms. The van der Waals surface area contributed by atoms with E-state index in [9.17, 15) is 14.4 Å². The molecule has 1 N–H and O–H groups in total. The predicted molar refractivity (Wildman–Crippen MR) is 80.3 cm³/mol. The predicted octanol–water partition coefficient (Wildman–Crippen LogP) is 2.17. The number of esters is 2. The number of methoxy groups -OCH3 is 1. The van der Waals surface area contributed by atoms with Gasteiger partial charge in [-0.15, -0.1) is 0 Å². The Labute approximate surface area is 131 Å². The first-order valence-corrected chi connectivity index (χ1v) is 7.13. The quantitative estimate of drug-likeness (QED) is 0.617. The molecule has 7 nitrogen and oxygen atoms in total. The van der Waals surface area contributed by atoms with Crippen molar-refractivity contribution < 1.29 is 28.6 Å². The second-order valence-corrected chi connectivity index (χ2v) is 6.85. The van der Waals surface area contributed by atoms with Crippen molar-refractivity contribution in [1.82, 2.24) is 5.32 Å². The van der Waals surface area contributed by atoms with Crippen LogP contribution in [0.15, 0.2) is 0 Å². The van der Waals surface area contributed by atoms with Crippen molar-refractivity contribution in [3.05, 3.63) is 0 Å². The third kappa shape index (κ3) is 10.0. The van der Waals surface area contributed by atoms with Crippen molar-refractivity contribution in [3.8, 4) is 0 Å². The van der Waals surface area contributed by atoms with Crippen LogP contribution < -0.4 is 5.32 Å². The summed E-state index contributed by atoms with van der Waals surface area (Å²) in [4.78, 5) is 35.1. The van der Waals surface area contributed by atoms with E-state index in [1.165, 1.54) is 7.11 Å². The topological polar surface area (TPSA) is 90.9 Å². The summed E-state index contributed by atoms with van der Waals surface area (Å²) in [5.74, 6) is -1.10. The van der Waals surface area contributed by atoms with Crippen molar-refractivity contribution in [1.29, 1.82) is 0 Å². The molecule has 22 heavy (non-hydrogen) atoms. The normalized spacial score (nSPS) is 13.0. The van der Waals surface area contributed by atoms with Gasteiger partial charge in [-0.1, -0.05) is 0 Å². The Kier molecular flexibility index (Phi) is 7.35. The second kappa shape index (κ2) is 8.00. The van der Waals surface area contributed by atoms with Gasteiger partial charge in [-0.2, -0.15) is 0 Å². The Hall–Kier alpha value is -1.79. The molecule has 0 aliphatic heterocycles. The van der Waals surface area contributed by atoms with Crippen LogP contribution in [0.2, 0.25) is 0 Å². The first-order valence-electron chi connectivity index (χ1n) is 7.13. The number of carbonyl (C=O) groups is 3. The fourth-order valence-corrected chi connectivity index (χ4v) is 1.44. The summed E-state index contributed by atoms with van der Waals surface area (Å²) in [6.45, 7) is 10.3. The molecule has 0 fully saturated rings. The number of hydrogen-bond acceptors (Lipinski definition) is 6. The van der Waals surface area contributed by atoms with Crippen LogP contribution in [-0.4, -0.2) is 42.4 Å². The van der Waals surface area contributed by atoms with Gasteiger partial charge in [-0.3, -0.25) is 4.79 Å². The second-order valence-electron chi connectivity index (χ2n) is 6.85. The highest BCUT2D eigenvalue weighted by Gasteiger charge is 2.29. The third-order valence-corrected chi connectivity index (χ3v) is 2.25. The molecule has 0 aromatic rings. The van der Waals surface area contributed by atoms with E-state index < -0.39 is 35.3 Å². The Morgan fingerprint density at radius 3 is 1.86 bits per heavy atom. The fourth-order valence-electron chi connectivity index (χ4n) is 1.44. The summed E-state index contributed by atoms with van der Waals surface area (Å²) >= 11 is 0. The maximum absolute atomic E-state index is 12.1. The summed E-state index contributed by atoms with van der Waals surface area (Å²) in [7, 11) is 1.26. The standard InChI is InChI=1S/C15H27NO6/c1-14(2,3)21-12(18)10(8-9-11(17)20-7)16-13(19)22-15(4,5)6/h10H,8-9H2,1-7H3,(H,16,19)/t10-/m1/s1. The molecule has 0 heterocycles. The van der Waals surface area contributed by atoms with Crippen molar-refractivity contribution in [3.63, 3.8) is 0 Å². The van der Waals surface area contributed by atoms with Crippen molar-refractivity contribution in [2.45, 2.75) is 71.6 Å². The van der Waals surface area contributed by atoms with Gasteiger partial charge in [0, 0.05) is 6.42 Å². The minimum Gasteiger partial charge on any atom is -0.469 e. The van der Waals surface area contributed by atoms with Gasteiger partial charge in [0.25, 0.3) is 0 Å². The molecule has 1 amide bonds. The molecule has 0 aliphatic rings. The summed E-state index contributed by atoms with van der Waals surface area (Å²) in [5, 5.41) is 2.43.